The number of nitrogens with one attached hydrogen (secondary N) is 1. The van der Waals surface area contributed by atoms with Crippen LogP contribution in [0.1, 0.15) is 40.0 Å². The van der Waals surface area contributed by atoms with Crippen molar-refractivity contribution < 1.29 is 4.79 Å². The highest BCUT2D eigenvalue weighted by Gasteiger charge is 2.17. The summed E-state index contributed by atoms with van der Waals surface area (Å²) < 4.78 is 0. The molecule has 0 bridgehead atoms. The van der Waals surface area contributed by atoms with Crippen molar-refractivity contribution in [3.05, 3.63) is 57.3 Å². The van der Waals surface area contributed by atoms with Crippen LogP contribution >= 0.6 is 34.7 Å². The second-order valence-electron chi connectivity index (χ2n) is 5.77. The third-order valence-corrected chi connectivity index (χ3v) is 5.79. The molecule has 0 saturated heterocycles. The molecule has 9 heteroatoms. The van der Waals surface area contributed by atoms with Gasteiger partial charge in [-0.3, -0.25) is 10.1 Å². The second-order valence-corrected chi connectivity index (χ2v) is 8.18. The number of hydrogen-bond donors (Lipinski definition) is 1. The molecule has 0 unspecified atom stereocenters. The molecule has 0 atom stereocenters. The molecular weight excluding hydrogens is 402 g/mol. The summed E-state index contributed by atoms with van der Waals surface area (Å²) in [6.07, 6.45) is 3.26. The first-order valence-corrected chi connectivity index (χ1v) is 10.6. The molecule has 1 N–H and O–H groups in total. The van der Waals surface area contributed by atoms with Crippen molar-refractivity contribution in [2.45, 2.75) is 37.6 Å². The Hall–Kier alpha value is -2.03. The summed E-state index contributed by atoms with van der Waals surface area (Å²) in [6.45, 7) is 4.13. The number of hydrogen-bond acceptors (Lipinski definition) is 7. The zero-order valence-electron chi connectivity index (χ0n) is 14.9. The lowest BCUT2D eigenvalue weighted by Crippen LogP contribution is -2.15. The van der Waals surface area contributed by atoms with Gasteiger partial charge in [-0.15, -0.1) is 10.2 Å². The number of thioether (sulfide) groups is 1. The van der Waals surface area contributed by atoms with E-state index in [1.807, 2.05) is 12.1 Å². The van der Waals surface area contributed by atoms with Crippen molar-refractivity contribution in [2.75, 3.05) is 5.32 Å². The standard InChI is InChI=1S/C18H18ClN5OS2/c1-3-6-14-23-24-18(27-14)22-16(25)15-13(19)9-20-17(21-15)26-10-12-8-5-4-7-11(12)2/h4-5,7-9H,3,6,10H2,1-2H3,(H,22,24,25). The Morgan fingerprint density at radius 2 is 2.11 bits per heavy atom. The van der Waals surface area contributed by atoms with Crippen LogP contribution in [0.5, 0.6) is 0 Å². The Kier molecular flexibility index (Phi) is 6.76. The summed E-state index contributed by atoms with van der Waals surface area (Å²) in [4.78, 5) is 21.1. The molecule has 6 nitrogen and oxygen atoms in total. The molecule has 140 valence electrons. The summed E-state index contributed by atoms with van der Waals surface area (Å²) in [5.41, 5.74) is 2.53. The van der Waals surface area contributed by atoms with Crippen LogP contribution in [-0.2, 0) is 12.2 Å². The van der Waals surface area contributed by atoms with Crippen LogP contribution in [0, 0.1) is 6.92 Å². The number of benzene rings is 1. The van der Waals surface area contributed by atoms with Gasteiger partial charge in [0.2, 0.25) is 5.13 Å². The van der Waals surface area contributed by atoms with Crippen LogP contribution in [-0.4, -0.2) is 26.1 Å². The van der Waals surface area contributed by atoms with E-state index in [0.717, 1.165) is 17.8 Å². The maximum absolute atomic E-state index is 12.5. The molecule has 3 aromatic rings. The lowest BCUT2D eigenvalue weighted by Gasteiger charge is -2.07. The first-order valence-electron chi connectivity index (χ1n) is 8.40. The number of halogens is 1. The molecular formula is C18H18ClN5OS2. The van der Waals surface area contributed by atoms with Gasteiger partial charge in [0.05, 0.1) is 11.2 Å². The number of carbonyl (C=O) groups is 1. The molecule has 27 heavy (non-hydrogen) atoms. The number of rotatable bonds is 7. The highest BCUT2D eigenvalue weighted by Crippen LogP contribution is 2.24. The summed E-state index contributed by atoms with van der Waals surface area (Å²) in [5.74, 6) is 0.297. The topological polar surface area (TPSA) is 80.7 Å². The highest BCUT2D eigenvalue weighted by molar-refractivity contribution is 7.98. The van der Waals surface area contributed by atoms with Gasteiger partial charge in [-0.1, -0.05) is 65.9 Å². The Labute approximate surface area is 170 Å². The van der Waals surface area contributed by atoms with E-state index in [9.17, 15) is 4.79 Å². The van der Waals surface area contributed by atoms with Crippen molar-refractivity contribution in [2.24, 2.45) is 0 Å². The van der Waals surface area contributed by atoms with Crippen molar-refractivity contribution in [3.63, 3.8) is 0 Å². The van der Waals surface area contributed by atoms with Crippen molar-refractivity contribution in [3.8, 4) is 0 Å². The van der Waals surface area contributed by atoms with E-state index in [2.05, 4.69) is 51.5 Å². The predicted molar refractivity (Wildman–Crippen MR) is 110 cm³/mol. The molecule has 2 aromatic heterocycles. The lowest BCUT2D eigenvalue weighted by atomic mass is 10.1. The smallest absolute Gasteiger partial charge is 0.277 e. The Bertz CT molecular complexity index is 947. The molecule has 0 aliphatic heterocycles. The van der Waals surface area contributed by atoms with Crippen LogP contribution in [0.15, 0.2) is 35.6 Å². The van der Waals surface area contributed by atoms with Gasteiger partial charge in [0.1, 0.15) is 5.01 Å². The maximum Gasteiger partial charge on any atom is 0.277 e. The van der Waals surface area contributed by atoms with Crippen molar-refractivity contribution >= 4 is 45.7 Å². The minimum atomic E-state index is -0.417. The molecule has 2 heterocycles. The van der Waals surface area contributed by atoms with E-state index >= 15 is 0 Å². The first-order chi connectivity index (χ1) is 13.1. The van der Waals surface area contributed by atoms with Gasteiger partial charge in [-0.25, -0.2) is 9.97 Å². The van der Waals surface area contributed by atoms with Gasteiger partial charge >= 0.3 is 0 Å². The van der Waals surface area contributed by atoms with Crippen LogP contribution < -0.4 is 5.32 Å². The fourth-order valence-electron chi connectivity index (χ4n) is 2.27. The molecule has 0 aliphatic carbocycles. The summed E-state index contributed by atoms with van der Waals surface area (Å²) >= 11 is 8.94. The number of nitrogens with zero attached hydrogens (tertiary/aromatic N) is 4. The van der Waals surface area contributed by atoms with Crippen molar-refractivity contribution in [1.29, 1.82) is 0 Å². The monoisotopic (exact) mass is 419 g/mol. The third kappa shape index (κ3) is 5.24. The number of amides is 1. The van der Waals surface area contributed by atoms with E-state index in [1.165, 1.54) is 40.4 Å². The molecule has 1 aromatic carbocycles. The molecule has 0 spiro atoms. The largest absolute Gasteiger partial charge is 0.295 e. The van der Waals surface area contributed by atoms with Gasteiger partial charge in [-0.05, 0) is 24.5 Å². The zero-order chi connectivity index (χ0) is 19.2. The van der Waals surface area contributed by atoms with Crippen LogP contribution in [0.25, 0.3) is 0 Å². The van der Waals surface area contributed by atoms with E-state index in [-0.39, 0.29) is 10.7 Å². The fourth-order valence-corrected chi connectivity index (χ4v) is 4.17. The molecule has 0 aliphatic rings. The lowest BCUT2D eigenvalue weighted by molar-refractivity contribution is 0.102. The Morgan fingerprint density at radius 1 is 1.30 bits per heavy atom. The molecule has 0 radical (unpaired) electrons. The number of aromatic nitrogens is 4. The third-order valence-electron chi connectivity index (χ3n) is 3.71. The van der Waals surface area contributed by atoms with Crippen molar-refractivity contribution in [1.82, 2.24) is 20.2 Å². The minimum Gasteiger partial charge on any atom is -0.295 e. The average molecular weight is 420 g/mol. The van der Waals surface area contributed by atoms with E-state index in [4.69, 9.17) is 11.6 Å². The van der Waals surface area contributed by atoms with E-state index < -0.39 is 5.91 Å². The quantitative estimate of drug-likeness (QED) is 0.438. The maximum atomic E-state index is 12.5. The first kappa shape index (κ1) is 19.7. The number of carbonyl (C=O) groups excluding carboxylic acids is 1. The average Bonchev–Trinajstić information content (AvgIpc) is 3.09. The fraction of sp³-hybridized carbons (Fsp3) is 0.278. The summed E-state index contributed by atoms with van der Waals surface area (Å²) in [7, 11) is 0. The molecule has 3 rings (SSSR count). The van der Waals surface area contributed by atoms with Gasteiger partial charge in [0, 0.05) is 12.2 Å². The van der Waals surface area contributed by atoms with E-state index in [0.29, 0.717) is 16.0 Å². The number of anilines is 1. The van der Waals surface area contributed by atoms with Gasteiger partial charge in [0.15, 0.2) is 10.9 Å². The van der Waals surface area contributed by atoms with Crippen LogP contribution in [0.3, 0.4) is 0 Å². The summed E-state index contributed by atoms with van der Waals surface area (Å²) in [5, 5.41) is 12.8. The van der Waals surface area contributed by atoms with Crippen LogP contribution in [0.4, 0.5) is 5.13 Å². The van der Waals surface area contributed by atoms with Crippen LogP contribution in [0.2, 0.25) is 5.02 Å². The Morgan fingerprint density at radius 3 is 2.89 bits per heavy atom. The zero-order valence-corrected chi connectivity index (χ0v) is 17.3. The van der Waals surface area contributed by atoms with Gasteiger partial charge in [-0.2, -0.15) is 0 Å². The molecule has 0 saturated carbocycles. The summed E-state index contributed by atoms with van der Waals surface area (Å²) in [6, 6.07) is 8.13. The second kappa shape index (κ2) is 9.25. The predicted octanol–water partition coefficient (Wildman–Crippen LogP) is 4.79. The Balaban J connectivity index is 1.70. The van der Waals surface area contributed by atoms with Gasteiger partial charge < -0.3 is 0 Å². The minimum absolute atomic E-state index is 0.131. The highest BCUT2D eigenvalue weighted by atomic mass is 35.5. The molecule has 0 fully saturated rings. The van der Waals surface area contributed by atoms with E-state index in [1.54, 1.807) is 0 Å². The SMILES string of the molecule is CCCc1nnc(NC(=O)c2nc(SCc3ccccc3C)ncc2Cl)s1. The number of aryl methyl sites for hydroxylation is 2. The molecule has 1 amide bonds. The van der Waals surface area contributed by atoms with Gasteiger partial charge in [0.25, 0.3) is 5.91 Å². The normalized spacial score (nSPS) is 10.8.